The summed E-state index contributed by atoms with van der Waals surface area (Å²) in [6.45, 7) is 0.203. The molecule has 1 aliphatic carbocycles. The second kappa shape index (κ2) is 5.00. The van der Waals surface area contributed by atoms with Crippen LogP contribution in [0.3, 0.4) is 0 Å². The lowest BCUT2D eigenvalue weighted by atomic mass is 10.2. The third-order valence-electron chi connectivity index (χ3n) is 3.43. The van der Waals surface area contributed by atoms with Gasteiger partial charge in [0.15, 0.2) is 5.76 Å². The first-order valence-corrected chi connectivity index (χ1v) is 6.63. The summed E-state index contributed by atoms with van der Waals surface area (Å²) in [5.41, 5.74) is 0.637. The maximum atomic E-state index is 12.4. The molecule has 20 heavy (non-hydrogen) atoms. The summed E-state index contributed by atoms with van der Waals surface area (Å²) in [5, 5.41) is 9.77. The minimum atomic E-state index is -1.00. The third kappa shape index (κ3) is 2.66. The molecule has 5 nitrogen and oxygen atoms in total. The van der Waals surface area contributed by atoms with Gasteiger partial charge in [0.05, 0.1) is 0 Å². The molecule has 1 aromatic heterocycles. The van der Waals surface area contributed by atoms with Gasteiger partial charge in [-0.15, -0.1) is 0 Å². The minimum Gasteiger partial charge on any atom is -0.480 e. The van der Waals surface area contributed by atoms with Crippen molar-refractivity contribution in [1.29, 1.82) is 0 Å². The molecule has 1 aliphatic rings. The van der Waals surface area contributed by atoms with E-state index in [1.807, 2.05) is 18.2 Å². The summed E-state index contributed by atoms with van der Waals surface area (Å²) in [6, 6.07) is 9.01. The molecular formula is C15H15NO4. The number of amides is 1. The van der Waals surface area contributed by atoms with E-state index >= 15 is 0 Å². The van der Waals surface area contributed by atoms with Crippen LogP contribution >= 0.6 is 0 Å². The highest BCUT2D eigenvalue weighted by Crippen LogP contribution is 2.30. The molecule has 2 aromatic rings. The average molecular weight is 273 g/mol. The van der Waals surface area contributed by atoms with Crippen LogP contribution in [-0.4, -0.2) is 35.0 Å². The van der Waals surface area contributed by atoms with Crippen LogP contribution in [0.1, 0.15) is 23.4 Å². The number of nitrogens with zero attached hydrogens (tertiary/aromatic N) is 1. The van der Waals surface area contributed by atoms with Crippen LogP contribution < -0.4 is 0 Å². The monoisotopic (exact) mass is 273 g/mol. The number of para-hydroxylation sites is 1. The quantitative estimate of drug-likeness (QED) is 0.907. The van der Waals surface area contributed by atoms with Crippen molar-refractivity contribution in [3.8, 4) is 0 Å². The fourth-order valence-corrected chi connectivity index (χ4v) is 2.24. The molecule has 5 heteroatoms. The van der Waals surface area contributed by atoms with Crippen LogP contribution in [0.25, 0.3) is 11.0 Å². The van der Waals surface area contributed by atoms with Gasteiger partial charge in [-0.25, -0.2) is 0 Å². The number of benzene rings is 1. The zero-order chi connectivity index (χ0) is 14.1. The van der Waals surface area contributed by atoms with E-state index in [-0.39, 0.29) is 18.2 Å². The lowest BCUT2D eigenvalue weighted by molar-refractivity contribution is -0.137. The molecule has 3 rings (SSSR count). The number of carbonyl (C=O) groups is 2. The van der Waals surface area contributed by atoms with E-state index in [1.54, 1.807) is 12.1 Å². The van der Waals surface area contributed by atoms with Crippen molar-refractivity contribution in [2.45, 2.75) is 12.8 Å². The van der Waals surface area contributed by atoms with Crippen molar-refractivity contribution in [2.24, 2.45) is 5.92 Å². The molecule has 0 radical (unpaired) electrons. The number of hydrogen-bond acceptors (Lipinski definition) is 3. The number of carboxylic acid groups (broad SMARTS) is 1. The zero-order valence-corrected chi connectivity index (χ0v) is 10.9. The predicted molar refractivity (Wildman–Crippen MR) is 72.5 cm³/mol. The van der Waals surface area contributed by atoms with Crippen LogP contribution in [-0.2, 0) is 4.79 Å². The Hall–Kier alpha value is -2.30. The van der Waals surface area contributed by atoms with E-state index in [4.69, 9.17) is 9.52 Å². The Balaban J connectivity index is 1.84. The average Bonchev–Trinajstić information content (AvgIpc) is 3.12. The van der Waals surface area contributed by atoms with Gasteiger partial charge in [0.1, 0.15) is 12.1 Å². The molecule has 0 unspecified atom stereocenters. The van der Waals surface area contributed by atoms with Crippen molar-refractivity contribution in [2.75, 3.05) is 13.1 Å². The second-order valence-electron chi connectivity index (χ2n) is 5.17. The molecule has 1 aromatic carbocycles. The maximum Gasteiger partial charge on any atom is 0.323 e. The van der Waals surface area contributed by atoms with Crippen LogP contribution in [0.5, 0.6) is 0 Å². The van der Waals surface area contributed by atoms with Gasteiger partial charge in [0.2, 0.25) is 0 Å². The van der Waals surface area contributed by atoms with Crippen LogP contribution in [0.4, 0.5) is 0 Å². The zero-order valence-electron chi connectivity index (χ0n) is 10.9. The summed E-state index contributed by atoms with van der Waals surface area (Å²) in [5.74, 6) is -0.721. The molecule has 0 spiro atoms. The Morgan fingerprint density at radius 2 is 2.05 bits per heavy atom. The number of fused-ring (bicyclic) bond motifs is 1. The van der Waals surface area contributed by atoms with E-state index in [0.717, 1.165) is 18.2 Å². The van der Waals surface area contributed by atoms with Crippen LogP contribution in [0.2, 0.25) is 0 Å². The lowest BCUT2D eigenvalue weighted by Crippen LogP contribution is -2.37. The van der Waals surface area contributed by atoms with E-state index in [0.29, 0.717) is 18.0 Å². The molecular weight excluding hydrogens is 258 g/mol. The van der Waals surface area contributed by atoms with Crippen LogP contribution in [0, 0.1) is 5.92 Å². The van der Waals surface area contributed by atoms with Gasteiger partial charge in [-0.2, -0.15) is 0 Å². The third-order valence-corrected chi connectivity index (χ3v) is 3.43. The highest BCUT2D eigenvalue weighted by atomic mass is 16.4. The Kier molecular flexibility index (Phi) is 3.18. The molecule has 0 aliphatic heterocycles. The first-order chi connectivity index (χ1) is 9.63. The van der Waals surface area contributed by atoms with Crippen molar-refractivity contribution in [1.82, 2.24) is 4.90 Å². The van der Waals surface area contributed by atoms with E-state index in [2.05, 4.69) is 0 Å². The molecule has 1 amide bonds. The standard InChI is InChI=1S/C15H15NO4/c17-14(18)9-16(8-10-5-6-10)15(19)13-7-11-3-1-2-4-12(11)20-13/h1-4,7,10H,5-6,8-9H2,(H,17,18). The number of carbonyl (C=O) groups excluding carboxylic acids is 1. The molecule has 0 atom stereocenters. The lowest BCUT2D eigenvalue weighted by Gasteiger charge is -2.18. The van der Waals surface area contributed by atoms with E-state index in [1.165, 1.54) is 4.90 Å². The summed E-state index contributed by atoms with van der Waals surface area (Å²) < 4.78 is 5.51. The Morgan fingerprint density at radius 3 is 2.70 bits per heavy atom. The predicted octanol–water partition coefficient (Wildman–Crippen LogP) is 2.37. The topological polar surface area (TPSA) is 70.8 Å². The molecule has 1 fully saturated rings. The highest BCUT2D eigenvalue weighted by molar-refractivity contribution is 5.97. The minimum absolute atomic E-state index is 0.202. The fraction of sp³-hybridized carbons (Fsp3) is 0.333. The SMILES string of the molecule is O=C(O)CN(CC1CC1)C(=O)c1cc2ccccc2o1. The van der Waals surface area contributed by atoms with Gasteiger partial charge in [-0.3, -0.25) is 9.59 Å². The molecule has 0 bridgehead atoms. The van der Waals surface area contributed by atoms with Gasteiger partial charge in [-0.05, 0) is 30.9 Å². The number of aliphatic carboxylic acids is 1. The Bertz CT molecular complexity index is 624. The van der Waals surface area contributed by atoms with Gasteiger partial charge < -0.3 is 14.4 Å². The summed E-state index contributed by atoms with van der Waals surface area (Å²) in [6.07, 6.45) is 2.12. The summed E-state index contributed by atoms with van der Waals surface area (Å²) >= 11 is 0. The molecule has 1 N–H and O–H groups in total. The first kappa shape index (κ1) is 12.7. The first-order valence-electron chi connectivity index (χ1n) is 6.63. The van der Waals surface area contributed by atoms with Gasteiger partial charge >= 0.3 is 5.97 Å². The number of carboxylic acids is 1. The van der Waals surface area contributed by atoms with Crippen molar-refractivity contribution in [3.63, 3.8) is 0 Å². The Morgan fingerprint density at radius 1 is 1.30 bits per heavy atom. The van der Waals surface area contributed by atoms with Gasteiger partial charge in [-0.1, -0.05) is 18.2 Å². The fourth-order valence-electron chi connectivity index (χ4n) is 2.24. The number of hydrogen-bond donors (Lipinski definition) is 1. The number of rotatable bonds is 5. The van der Waals surface area contributed by atoms with Crippen molar-refractivity contribution in [3.05, 3.63) is 36.1 Å². The van der Waals surface area contributed by atoms with E-state index in [9.17, 15) is 9.59 Å². The van der Waals surface area contributed by atoms with Crippen molar-refractivity contribution >= 4 is 22.8 Å². The second-order valence-corrected chi connectivity index (χ2v) is 5.17. The number of furan rings is 1. The van der Waals surface area contributed by atoms with Crippen LogP contribution in [0.15, 0.2) is 34.7 Å². The smallest absolute Gasteiger partial charge is 0.323 e. The Labute approximate surface area is 115 Å². The van der Waals surface area contributed by atoms with Gasteiger partial charge in [0, 0.05) is 11.9 Å². The molecule has 104 valence electrons. The largest absolute Gasteiger partial charge is 0.480 e. The van der Waals surface area contributed by atoms with Crippen molar-refractivity contribution < 1.29 is 19.1 Å². The summed E-state index contributed by atoms with van der Waals surface area (Å²) in [7, 11) is 0. The maximum absolute atomic E-state index is 12.4. The molecule has 1 heterocycles. The molecule has 0 saturated heterocycles. The summed E-state index contributed by atoms with van der Waals surface area (Å²) in [4.78, 5) is 24.6. The van der Waals surface area contributed by atoms with E-state index < -0.39 is 5.97 Å². The highest BCUT2D eigenvalue weighted by Gasteiger charge is 2.29. The van der Waals surface area contributed by atoms with Gasteiger partial charge in [0.25, 0.3) is 5.91 Å². The molecule has 1 saturated carbocycles. The normalized spacial score (nSPS) is 14.4.